The molecular formula is C13H18N2. The van der Waals surface area contributed by atoms with Crippen molar-refractivity contribution in [3.63, 3.8) is 0 Å². The Bertz CT molecular complexity index is 338. The highest BCUT2D eigenvalue weighted by Gasteiger charge is 2.03. The first kappa shape index (κ1) is 11.4. The van der Waals surface area contributed by atoms with Crippen LogP contribution in [0.3, 0.4) is 0 Å². The van der Waals surface area contributed by atoms with Crippen molar-refractivity contribution in [2.45, 2.75) is 6.92 Å². The highest BCUT2D eigenvalue weighted by Crippen LogP contribution is 2.17. The minimum Gasteiger partial charge on any atom is -0.399 e. The molecule has 0 spiro atoms. The molecule has 0 radical (unpaired) electrons. The van der Waals surface area contributed by atoms with Crippen LogP contribution in [-0.4, -0.2) is 13.1 Å². The Morgan fingerprint density at radius 3 is 2.47 bits per heavy atom. The van der Waals surface area contributed by atoms with Crippen molar-refractivity contribution >= 4 is 11.4 Å². The van der Waals surface area contributed by atoms with E-state index in [4.69, 9.17) is 5.73 Å². The summed E-state index contributed by atoms with van der Waals surface area (Å²) in [6.07, 6.45) is 1.79. The van der Waals surface area contributed by atoms with Crippen molar-refractivity contribution in [3.05, 3.63) is 49.1 Å². The molecule has 1 aromatic rings. The van der Waals surface area contributed by atoms with Crippen LogP contribution in [0.25, 0.3) is 0 Å². The number of benzene rings is 1. The third kappa shape index (κ3) is 3.17. The van der Waals surface area contributed by atoms with E-state index in [-0.39, 0.29) is 0 Å². The second-order valence-electron chi connectivity index (χ2n) is 3.47. The van der Waals surface area contributed by atoms with Gasteiger partial charge in [-0.3, -0.25) is 0 Å². The Morgan fingerprint density at radius 1 is 1.40 bits per heavy atom. The highest BCUT2D eigenvalue weighted by molar-refractivity contribution is 5.54. The second-order valence-corrected chi connectivity index (χ2v) is 3.47. The van der Waals surface area contributed by atoms with Gasteiger partial charge in [-0.05, 0) is 36.8 Å². The molecule has 0 heterocycles. The molecular weight excluding hydrogens is 184 g/mol. The smallest absolute Gasteiger partial charge is 0.0423 e. The summed E-state index contributed by atoms with van der Waals surface area (Å²) in [6, 6.07) is 7.87. The quantitative estimate of drug-likeness (QED) is 0.587. The van der Waals surface area contributed by atoms with E-state index in [9.17, 15) is 0 Å². The minimum atomic E-state index is 0.789. The monoisotopic (exact) mass is 202 g/mol. The number of hydrogen-bond acceptors (Lipinski definition) is 2. The molecule has 0 fully saturated rings. The van der Waals surface area contributed by atoms with E-state index in [2.05, 4.69) is 25.0 Å². The van der Waals surface area contributed by atoms with E-state index in [1.165, 1.54) is 0 Å². The van der Waals surface area contributed by atoms with Crippen molar-refractivity contribution < 1.29 is 0 Å². The number of nitrogens with two attached hydrogens (primary N) is 1. The van der Waals surface area contributed by atoms with E-state index >= 15 is 0 Å². The summed E-state index contributed by atoms with van der Waals surface area (Å²) in [5.74, 6) is 0. The summed E-state index contributed by atoms with van der Waals surface area (Å²) in [5, 5.41) is 0. The fourth-order valence-corrected chi connectivity index (χ4v) is 1.38. The van der Waals surface area contributed by atoms with E-state index in [0.29, 0.717) is 0 Å². The second kappa shape index (κ2) is 5.25. The fraction of sp³-hybridized carbons (Fsp3) is 0.231. The average molecular weight is 202 g/mol. The molecule has 15 heavy (non-hydrogen) atoms. The lowest BCUT2D eigenvalue weighted by atomic mass is 10.2. The highest BCUT2D eigenvalue weighted by atomic mass is 15.1. The molecule has 80 valence electrons. The van der Waals surface area contributed by atoms with Crippen LogP contribution in [0.15, 0.2) is 49.1 Å². The van der Waals surface area contributed by atoms with E-state index in [1.807, 2.05) is 24.3 Å². The molecule has 1 aromatic carbocycles. The van der Waals surface area contributed by atoms with Gasteiger partial charge in [0.05, 0.1) is 0 Å². The van der Waals surface area contributed by atoms with Gasteiger partial charge in [0.1, 0.15) is 0 Å². The Labute approximate surface area is 91.7 Å². The van der Waals surface area contributed by atoms with Crippen LogP contribution < -0.4 is 10.6 Å². The predicted molar refractivity (Wildman–Crippen MR) is 68.1 cm³/mol. The minimum absolute atomic E-state index is 0.789. The van der Waals surface area contributed by atoms with Crippen molar-refractivity contribution in [1.29, 1.82) is 0 Å². The van der Waals surface area contributed by atoms with E-state index < -0.39 is 0 Å². The topological polar surface area (TPSA) is 29.3 Å². The van der Waals surface area contributed by atoms with Crippen LogP contribution in [0.2, 0.25) is 0 Å². The molecule has 0 atom stereocenters. The molecule has 0 aliphatic rings. The van der Waals surface area contributed by atoms with Gasteiger partial charge in [-0.2, -0.15) is 0 Å². The number of nitrogens with zero attached hydrogens (tertiary/aromatic N) is 1. The largest absolute Gasteiger partial charge is 0.399 e. The van der Waals surface area contributed by atoms with Crippen LogP contribution in [0.1, 0.15) is 6.92 Å². The Kier molecular flexibility index (Phi) is 3.98. The number of rotatable bonds is 5. The molecule has 0 aromatic heterocycles. The number of anilines is 2. The summed E-state index contributed by atoms with van der Waals surface area (Å²) in [4.78, 5) is 2.23. The summed E-state index contributed by atoms with van der Waals surface area (Å²) < 4.78 is 0. The van der Waals surface area contributed by atoms with Crippen LogP contribution in [0.4, 0.5) is 11.4 Å². The molecule has 0 saturated carbocycles. The summed E-state index contributed by atoms with van der Waals surface area (Å²) >= 11 is 0. The van der Waals surface area contributed by atoms with Crippen molar-refractivity contribution in [2.24, 2.45) is 0 Å². The number of hydrogen-bond donors (Lipinski definition) is 1. The maximum Gasteiger partial charge on any atom is 0.0423 e. The zero-order valence-corrected chi connectivity index (χ0v) is 9.24. The molecule has 0 unspecified atom stereocenters. The zero-order chi connectivity index (χ0) is 11.3. The third-order valence-corrected chi connectivity index (χ3v) is 2.32. The lowest BCUT2D eigenvalue weighted by Gasteiger charge is -2.23. The van der Waals surface area contributed by atoms with Gasteiger partial charge in [0.15, 0.2) is 0 Å². The van der Waals surface area contributed by atoms with Gasteiger partial charge >= 0.3 is 0 Å². The molecule has 0 amide bonds. The van der Waals surface area contributed by atoms with Gasteiger partial charge in [-0.25, -0.2) is 0 Å². The van der Waals surface area contributed by atoms with E-state index in [1.54, 1.807) is 6.08 Å². The molecule has 0 aliphatic carbocycles. The van der Waals surface area contributed by atoms with Crippen molar-refractivity contribution in [2.75, 3.05) is 23.7 Å². The molecule has 0 saturated heterocycles. The van der Waals surface area contributed by atoms with Gasteiger partial charge in [-0.15, -0.1) is 0 Å². The van der Waals surface area contributed by atoms with Gasteiger partial charge < -0.3 is 10.6 Å². The molecule has 2 heteroatoms. The zero-order valence-electron chi connectivity index (χ0n) is 9.24. The Balaban J connectivity index is 2.78. The van der Waals surface area contributed by atoms with Gasteiger partial charge in [0.25, 0.3) is 0 Å². The lowest BCUT2D eigenvalue weighted by molar-refractivity contribution is 0.891. The first-order chi connectivity index (χ1) is 7.17. The first-order valence-corrected chi connectivity index (χ1v) is 5.08. The molecule has 1 rings (SSSR count). The van der Waals surface area contributed by atoms with Crippen molar-refractivity contribution in [1.82, 2.24) is 0 Å². The Hall–Kier alpha value is -1.70. The Morgan fingerprint density at radius 2 is 2.00 bits per heavy atom. The molecule has 0 aliphatic heterocycles. The van der Waals surface area contributed by atoms with Crippen LogP contribution in [0, 0.1) is 0 Å². The van der Waals surface area contributed by atoms with Crippen LogP contribution in [0.5, 0.6) is 0 Å². The van der Waals surface area contributed by atoms with Crippen LogP contribution in [-0.2, 0) is 0 Å². The summed E-state index contributed by atoms with van der Waals surface area (Å²) in [6.45, 7) is 11.5. The normalized spacial score (nSPS) is 9.67. The van der Waals surface area contributed by atoms with Crippen LogP contribution >= 0.6 is 0 Å². The molecule has 2 nitrogen and oxygen atoms in total. The maximum atomic E-state index is 5.64. The number of likely N-dealkylation sites (N-methyl/N-ethyl adjacent to an activating group) is 1. The maximum absolute atomic E-state index is 5.64. The van der Waals surface area contributed by atoms with Gasteiger partial charge in [0, 0.05) is 24.5 Å². The summed E-state index contributed by atoms with van der Waals surface area (Å²) in [7, 11) is 0. The average Bonchev–Trinajstić information content (AvgIpc) is 2.27. The van der Waals surface area contributed by atoms with E-state index in [0.717, 1.165) is 30.0 Å². The van der Waals surface area contributed by atoms with Crippen molar-refractivity contribution in [3.8, 4) is 0 Å². The SMILES string of the molecule is C=CC(=C)CN(CC)c1ccc(N)cc1. The van der Waals surface area contributed by atoms with Gasteiger partial charge in [0.2, 0.25) is 0 Å². The third-order valence-electron chi connectivity index (χ3n) is 2.32. The first-order valence-electron chi connectivity index (χ1n) is 5.08. The number of nitrogen functional groups attached to an aromatic ring is 1. The predicted octanol–water partition coefficient (Wildman–Crippen LogP) is 2.84. The summed E-state index contributed by atoms with van der Waals surface area (Å²) in [5.41, 5.74) is 8.62. The molecule has 0 bridgehead atoms. The molecule has 2 N–H and O–H groups in total. The lowest BCUT2D eigenvalue weighted by Crippen LogP contribution is -2.24. The van der Waals surface area contributed by atoms with Gasteiger partial charge in [-0.1, -0.05) is 19.2 Å². The standard InChI is InChI=1S/C13H18N2/c1-4-11(3)10-15(5-2)13-8-6-12(14)7-9-13/h4,6-9H,1,3,5,10,14H2,2H3. The fourth-order valence-electron chi connectivity index (χ4n) is 1.38.